The van der Waals surface area contributed by atoms with E-state index in [1.54, 1.807) is 54.6 Å². The van der Waals surface area contributed by atoms with Gasteiger partial charge in [0.05, 0.1) is 40.0 Å². The predicted octanol–water partition coefficient (Wildman–Crippen LogP) is 8.02. The fourth-order valence-electron chi connectivity index (χ4n) is 7.65. The number of rotatable bonds is 10. The fraction of sp³-hybridized carbons (Fsp3) is 0.255. The second kappa shape index (κ2) is 19.9. The Labute approximate surface area is 367 Å². The van der Waals surface area contributed by atoms with Crippen molar-refractivity contribution in [2.24, 2.45) is 0 Å². The lowest BCUT2D eigenvalue weighted by Gasteiger charge is -2.37. The van der Waals surface area contributed by atoms with Crippen LogP contribution in [-0.4, -0.2) is 64.3 Å². The summed E-state index contributed by atoms with van der Waals surface area (Å²) in [5, 5.41) is 33.0. The van der Waals surface area contributed by atoms with Crippen molar-refractivity contribution in [2.45, 2.75) is 69.6 Å². The van der Waals surface area contributed by atoms with E-state index in [4.69, 9.17) is 52.6 Å². The van der Waals surface area contributed by atoms with E-state index in [-0.39, 0.29) is 37.9 Å². The minimum atomic E-state index is -0.936. The van der Waals surface area contributed by atoms with Gasteiger partial charge in [0.25, 0.3) is 12.4 Å². The second-order valence-corrected chi connectivity index (χ2v) is 15.9. The van der Waals surface area contributed by atoms with Crippen molar-refractivity contribution in [1.29, 1.82) is 5.26 Å². The third-order valence-corrected chi connectivity index (χ3v) is 11.7. The van der Waals surface area contributed by atoms with Crippen LogP contribution in [-0.2, 0) is 45.1 Å². The Hall–Kier alpha value is -6.59. The Morgan fingerprint density at radius 1 is 0.919 bits per heavy atom. The van der Waals surface area contributed by atoms with E-state index in [0.717, 1.165) is 33.4 Å². The van der Waals surface area contributed by atoms with Crippen LogP contribution in [0, 0.1) is 11.3 Å². The standard InChI is InChI=1S/C46H40Cl2N4O7.CH2O2/c47-38-16-5-29(19-39(38)48)26-57-36-13-10-32(11-14-36)43-45(55)51-40-20-33-21-41(52(25-34(33)22-42(40)59-43)46(56)58-37-15-12-35(53)23-37)44(54)50-18-17-27-1-6-30(7-2-27)31-8-3-28(24-49)4-9-31;2-1-3/h1-11,13-14,16,19-20,22,35,37,41,43,53H,12,15,17-18,21,23,25-26H2,(H,50,54)(H,51,55);1H,(H,2,3). The Morgan fingerprint density at radius 3 is 2.27 bits per heavy atom. The molecule has 4 unspecified atom stereocenters. The molecule has 3 amide bonds. The lowest BCUT2D eigenvalue weighted by atomic mass is 9.92. The van der Waals surface area contributed by atoms with Crippen molar-refractivity contribution in [3.8, 4) is 28.7 Å². The van der Waals surface area contributed by atoms with E-state index in [9.17, 15) is 19.5 Å². The number of anilines is 1. The van der Waals surface area contributed by atoms with E-state index < -0.39 is 30.4 Å². The molecule has 3 aliphatic rings. The quantitative estimate of drug-likeness (QED) is 0.100. The molecule has 4 atom stereocenters. The van der Waals surface area contributed by atoms with Gasteiger partial charge in [0.2, 0.25) is 12.0 Å². The molecule has 15 heteroatoms. The first kappa shape index (κ1) is 43.5. The van der Waals surface area contributed by atoms with Crippen molar-refractivity contribution < 1.29 is 43.6 Å². The molecule has 0 saturated heterocycles. The highest BCUT2D eigenvalue weighted by molar-refractivity contribution is 6.42. The van der Waals surface area contributed by atoms with Crippen molar-refractivity contribution in [3.05, 3.63) is 147 Å². The summed E-state index contributed by atoms with van der Waals surface area (Å²) in [4.78, 5) is 50.8. The smallest absolute Gasteiger partial charge is 0.411 e. The molecular formula is C47H42Cl2N4O9. The van der Waals surface area contributed by atoms with Gasteiger partial charge < -0.3 is 35.1 Å². The van der Waals surface area contributed by atoms with Gasteiger partial charge >= 0.3 is 6.09 Å². The number of hydrogen-bond acceptors (Lipinski definition) is 9. The summed E-state index contributed by atoms with van der Waals surface area (Å²) in [6.45, 7) is 0.455. The number of carbonyl (C=O) groups is 4. The minimum Gasteiger partial charge on any atom is -0.489 e. The number of carbonyl (C=O) groups excluding carboxylic acids is 3. The third-order valence-electron chi connectivity index (χ3n) is 10.9. The molecule has 4 N–H and O–H groups in total. The highest BCUT2D eigenvalue weighted by atomic mass is 35.5. The number of nitrogens with zero attached hydrogens (tertiary/aromatic N) is 2. The van der Waals surface area contributed by atoms with Gasteiger partial charge in [-0.25, -0.2) is 4.79 Å². The fourth-order valence-corrected chi connectivity index (χ4v) is 7.97. The lowest BCUT2D eigenvalue weighted by molar-refractivity contribution is -0.127. The Balaban J connectivity index is 0.00000187. The highest BCUT2D eigenvalue weighted by Crippen LogP contribution is 2.40. The first-order chi connectivity index (χ1) is 30.0. The molecule has 0 bridgehead atoms. The molecule has 5 aromatic rings. The molecule has 2 aliphatic heterocycles. The predicted molar refractivity (Wildman–Crippen MR) is 231 cm³/mol. The number of halogens is 2. The van der Waals surface area contributed by atoms with Gasteiger partial charge in [0.1, 0.15) is 30.3 Å². The molecule has 13 nitrogen and oxygen atoms in total. The maximum atomic E-state index is 13.9. The molecule has 5 aromatic carbocycles. The minimum absolute atomic E-state index is 0.0818. The molecule has 1 saturated carbocycles. The number of benzene rings is 5. The molecule has 0 radical (unpaired) electrons. The summed E-state index contributed by atoms with van der Waals surface area (Å²) in [5.41, 5.74) is 7.16. The van der Waals surface area contributed by atoms with Crippen molar-refractivity contribution >= 4 is 53.3 Å². The third kappa shape index (κ3) is 10.5. The van der Waals surface area contributed by atoms with Crippen molar-refractivity contribution in [3.63, 3.8) is 0 Å². The first-order valence-electron chi connectivity index (χ1n) is 19.9. The van der Waals surface area contributed by atoms with Crippen LogP contribution < -0.4 is 20.1 Å². The second-order valence-electron chi connectivity index (χ2n) is 15.1. The zero-order chi connectivity index (χ0) is 43.8. The molecule has 8 rings (SSSR count). The van der Waals surface area contributed by atoms with Crippen LogP contribution in [0.25, 0.3) is 11.1 Å². The van der Waals surface area contributed by atoms with E-state index in [1.807, 2.05) is 48.5 Å². The summed E-state index contributed by atoms with van der Waals surface area (Å²) < 4.78 is 18.0. The van der Waals surface area contributed by atoms with Gasteiger partial charge in [-0.2, -0.15) is 5.26 Å². The zero-order valence-electron chi connectivity index (χ0n) is 33.3. The lowest BCUT2D eigenvalue weighted by Crippen LogP contribution is -2.53. The molecule has 1 aliphatic carbocycles. The van der Waals surface area contributed by atoms with E-state index in [1.165, 1.54) is 4.90 Å². The van der Waals surface area contributed by atoms with Crippen LogP contribution in [0.15, 0.2) is 103 Å². The number of fused-ring (bicyclic) bond motifs is 2. The number of hydrogen-bond donors (Lipinski definition) is 4. The van der Waals surface area contributed by atoms with E-state index in [2.05, 4.69) is 16.7 Å². The Bertz CT molecular complexity index is 2480. The van der Waals surface area contributed by atoms with Crippen LogP contribution in [0.1, 0.15) is 58.7 Å². The molecule has 2 heterocycles. The van der Waals surface area contributed by atoms with Gasteiger partial charge in [-0.05, 0) is 101 Å². The van der Waals surface area contributed by atoms with E-state index >= 15 is 0 Å². The molecule has 62 heavy (non-hydrogen) atoms. The van der Waals surface area contributed by atoms with Gasteiger partial charge in [0.15, 0.2) is 0 Å². The first-order valence-corrected chi connectivity index (χ1v) is 20.7. The molecule has 0 spiro atoms. The van der Waals surface area contributed by atoms with Crippen molar-refractivity contribution in [2.75, 3.05) is 11.9 Å². The van der Waals surface area contributed by atoms with Crippen molar-refractivity contribution in [1.82, 2.24) is 10.2 Å². The van der Waals surface area contributed by atoms with Crippen LogP contribution in [0.3, 0.4) is 0 Å². The molecular weight excluding hydrogens is 835 g/mol. The monoisotopic (exact) mass is 876 g/mol. The summed E-state index contributed by atoms with van der Waals surface area (Å²) in [7, 11) is 0. The average molecular weight is 878 g/mol. The Morgan fingerprint density at radius 2 is 1.61 bits per heavy atom. The number of aliphatic hydroxyl groups is 1. The molecule has 0 aromatic heterocycles. The van der Waals surface area contributed by atoms with Crippen LogP contribution in [0.2, 0.25) is 10.0 Å². The van der Waals surface area contributed by atoms with Gasteiger partial charge in [0, 0.05) is 24.9 Å². The molecule has 318 valence electrons. The number of carboxylic acid groups (broad SMARTS) is 1. The molecule has 1 fully saturated rings. The highest BCUT2D eigenvalue weighted by Gasteiger charge is 2.39. The zero-order valence-corrected chi connectivity index (χ0v) is 34.8. The number of nitrogens with one attached hydrogen (secondary N) is 2. The summed E-state index contributed by atoms with van der Waals surface area (Å²) in [6.07, 6.45) is -0.326. The van der Waals surface area contributed by atoms with Crippen LogP contribution in [0.4, 0.5) is 10.5 Å². The SMILES string of the molecule is N#Cc1ccc(-c2ccc(CCNC(=O)C3Cc4cc5c(cc4CN3C(=O)OC3CCC(O)C3)OC(c3ccc(OCc4ccc(Cl)c(Cl)c4)cc3)C(=O)N5)cc2)cc1.O=CO. The number of aliphatic hydroxyl groups excluding tert-OH is 1. The number of nitriles is 1. The largest absolute Gasteiger partial charge is 0.489 e. The number of ether oxygens (including phenoxy) is 3. The van der Waals surface area contributed by atoms with Crippen LogP contribution >= 0.6 is 23.2 Å². The average Bonchev–Trinajstić information content (AvgIpc) is 3.69. The maximum absolute atomic E-state index is 13.9. The maximum Gasteiger partial charge on any atom is 0.411 e. The van der Waals surface area contributed by atoms with E-state index in [0.29, 0.717) is 70.6 Å². The van der Waals surface area contributed by atoms with Gasteiger partial charge in [-0.15, -0.1) is 0 Å². The summed E-state index contributed by atoms with van der Waals surface area (Å²) in [5.74, 6) is 0.364. The number of amides is 3. The normalized spacial score (nSPS) is 18.6. The van der Waals surface area contributed by atoms with Gasteiger partial charge in [-0.3, -0.25) is 19.3 Å². The van der Waals surface area contributed by atoms with Crippen LogP contribution in [0.5, 0.6) is 11.5 Å². The van der Waals surface area contributed by atoms with Gasteiger partial charge in [-0.1, -0.05) is 77.8 Å². The summed E-state index contributed by atoms with van der Waals surface area (Å²) in [6, 6.07) is 32.7. The topological polar surface area (TPSA) is 188 Å². The summed E-state index contributed by atoms with van der Waals surface area (Å²) >= 11 is 12.2. The Kier molecular flexibility index (Phi) is 13.9.